The summed E-state index contributed by atoms with van der Waals surface area (Å²) in [6.45, 7) is 1.15. The molecule has 4 heteroatoms. The molecule has 0 fully saturated rings. The van der Waals surface area contributed by atoms with E-state index in [-0.39, 0.29) is 11.9 Å². The molecule has 1 heterocycles. The van der Waals surface area contributed by atoms with E-state index in [9.17, 15) is 4.39 Å². The maximum absolute atomic E-state index is 13.1. The molecule has 0 radical (unpaired) electrons. The fourth-order valence-corrected chi connectivity index (χ4v) is 2.47. The minimum Gasteiger partial charge on any atom is -0.486 e. The van der Waals surface area contributed by atoms with Gasteiger partial charge in [-0.3, -0.25) is 0 Å². The first kappa shape index (κ1) is 13.9. The topological polar surface area (TPSA) is 44.5 Å². The fraction of sp³-hybridized carbons (Fsp3) is 0.294. The van der Waals surface area contributed by atoms with Crippen LogP contribution in [0, 0.1) is 5.82 Å². The summed E-state index contributed by atoms with van der Waals surface area (Å²) in [4.78, 5) is 0. The maximum Gasteiger partial charge on any atom is 0.161 e. The maximum atomic E-state index is 13.1. The van der Waals surface area contributed by atoms with Crippen LogP contribution < -0.4 is 15.2 Å². The van der Waals surface area contributed by atoms with Gasteiger partial charge in [-0.2, -0.15) is 0 Å². The summed E-state index contributed by atoms with van der Waals surface area (Å²) in [6.07, 6.45) is 1.50. The number of aryl methyl sites for hydroxylation is 1. The second-order valence-corrected chi connectivity index (χ2v) is 5.18. The lowest BCUT2D eigenvalue weighted by Gasteiger charge is -2.20. The number of halogens is 1. The van der Waals surface area contributed by atoms with Crippen LogP contribution in [0.1, 0.15) is 23.6 Å². The van der Waals surface area contributed by atoms with Gasteiger partial charge in [0.15, 0.2) is 11.5 Å². The Morgan fingerprint density at radius 3 is 2.67 bits per heavy atom. The molecule has 1 aliphatic rings. The Morgan fingerprint density at radius 1 is 1.05 bits per heavy atom. The predicted octanol–water partition coefficient (Wildman–Crippen LogP) is 3.23. The highest BCUT2D eigenvalue weighted by Crippen LogP contribution is 2.33. The highest BCUT2D eigenvalue weighted by Gasteiger charge is 2.14. The average Bonchev–Trinajstić information content (AvgIpc) is 2.52. The molecule has 3 nitrogen and oxygen atoms in total. The van der Waals surface area contributed by atoms with Crippen molar-refractivity contribution in [2.24, 2.45) is 5.73 Å². The Hall–Kier alpha value is -2.07. The third-order valence-corrected chi connectivity index (χ3v) is 3.63. The third kappa shape index (κ3) is 3.34. The second kappa shape index (κ2) is 6.14. The van der Waals surface area contributed by atoms with E-state index in [1.165, 1.54) is 6.07 Å². The molecule has 21 heavy (non-hydrogen) atoms. The SMILES string of the molecule is NC(CCc1cccc(F)c1)c1ccc2c(c1)OCCO2. The number of hydrogen-bond donors (Lipinski definition) is 1. The number of rotatable bonds is 4. The van der Waals surface area contributed by atoms with Crippen molar-refractivity contribution in [1.82, 2.24) is 0 Å². The molecule has 2 aromatic rings. The van der Waals surface area contributed by atoms with Gasteiger partial charge >= 0.3 is 0 Å². The van der Waals surface area contributed by atoms with E-state index in [4.69, 9.17) is 15.2 Å². The number of hydrogen-bond acceptors (Lipinski definition) is 3. The van der Waals surface area contributed by atoms with Crippen molar-refractivity contribution in [2.75, 3.05) is 13.2 Å². The third-order valence-electron chi connectivity index (χ3n) is 3.63. The molecule has 3 rings (SSSR count). The van der Waals surface area contributed by atoms with Crippen LogP contribution in [0.5, 0.6) is 11.5 Å². The van der Waals surface area contributed by atoms with Crippen LogP contribution in [0.4, 0.5) is 4.39 Å². The van der Waals surface area contributed by atoms with E-state index in [0.29, 0.717) is 13.2 Å². The van der Waals surface area contributed by atoms with Gasteiger partial charge < -0.3 is 15.2 Å². The molecule has 0 bridgehead atoms. The van der Waals surface area contributed by atoms with E-state index in [1.807, 2.05) is 24.3 Å². The Labute approximate surface area is 123 Å². The number of nitrogens with two attached hydrogens (primary N) is 1. The number of ether oxygens (including phenoxy) is 2. The summed E-state index contributed by atoms with van der Waals surface area (Å²) < 4.78 is 24.2. The summed E-state index contributed by atoms with van der Waals surface area (Å²) in [6, 6.07) is 12.3. The van der Waals surface area contributed by atoms with E-state index < -0.39 is 0 Å². The zero-order valence-corrected chi connectivity index (χ0v) is 11.7. The highest BCUT2D eigenvalue weighted by atomic mass is 19.1. The van der Waals surface area contributed by atoms with Crippen molar-refractivity contribution in [3.63, 3.8) is 0 Å². The largest absolute Gasteiger partial charge is 0.486 e. The normalized spacial score (nSPS) is 14.8. The molecule has 2 aromatic carbocycles. The molecule has 0 saturated heterocycles. The van der Waals surface area contributed by atoms with Gasteiger partial charge in [-0.15, -0.1) is 0 Å². The van der Waals surface area contributed by atoms with Crippen molar-refractivity contribution in [2.45, 2.75) is 18.9 Å². The Kier molecular flexibility index (Phi) is 4.06. The standard InChI is InChI=1S/C17H18FNO2/c18-14-3-1-2-12(10-14)4-6-15(19)13-5-7-16-17(11-13)21-9-8-20-16/h1-3,5,7,10-11,15H,4,6,8-9,19H2. The van der Waals surface area contributed by atoms with Crippen LogP contribution in [-0.2, 0) is 6.42 Å². The van der Waals surface area contributed by atoms with E-state index in [1.54, 1.807) is 12.1 Å². The van der Waals surface area contributed by atoms with E-state index in [2.05, 4.69) is 0 Å². The number of fused-ring (bicyclic) bond motifs is 1. The van der Waals surface area contributed by atoms with Gasteiger partial charge in [-0.1, -0.05) is 18.2 Å². The van der Waals surface area contributed by atoms with E-state index >= 15 is 0 Å². The smallest absolute Gasteiger partial charge is 0.161 e. The lowest BCUT2D eigenvalue weighted by atomic mass is 9.99. The molecular formula is C17H18FNO2. The van der Waals surface area contributed by atoms with Crippen molar-refractivity contribution >= 4 is 0 Å². The van der Waals surface area contributed by atoms with Crippen LogP contribution in [0.2, 0.25) is 0 Å². The Morgan fingerprint density at radius 2 is 1.86 bits per heavy atom. The minimum atomic E-state index is -0.208. The van der Waals surface area contributed by atoms with Gasteiger partial charge in [-0.25, -0.2) is 4.39 Å². The van der Waals surface area contributed by atoms with Gasteiger partial charge in [0.05, 0.1) is 0 Å². The Balaban J connectivity index is 1.66. The molecule has 1 unspecified atom stereocenters. The zero-order valence-electron chi connectivity index (χ0n) is 11.7. The van der Waals surface area contributed by atoms with Crippen molar-refractivity contribution in [3.05, 3.63) is 59.4 Å². The molecule has 0 amide bonds. The number of benzene rings is 2. The van der Waals surface area contributed by atoms with Gasteiger partial charge in [-0.05, 0) is 48.2 Å². The summed E-state index contributed by atoms with van der Waals surface area (Å²) in [5, 5.41) is 0. The van der Waals surface area contributed by atoms with Gasteiger partial charge in [0.1, 0.15) is 19.0 Å². The lowest BCUT2D eigenvalue weighted by Crippen LogP contribution is -2.17. The molecule has 2 N–H and O–H groups in total. The van der Waals surface area contributed by atoms with Crippen LogP contribution >= 0.6 is 0 Å². The molecule has 0 aliphatic carbocycles. The zero-order chi connectivity index (χ0) is 14.7. The highest BCUT2D eigenvalue weighted by molar-refractivity contribution is 5.44. The van der Waals surface area contributed by atoms with Crippen molar-refractivity contribution in [1.29, 1.82) is 0 Å². The minimum absolute atomic E-state index is 0.107. The average molecular weight is 287 g/mol. The van der Waals surface area contributed by atoms with Crippen LogP contribution in [0.3, 0.4) is 0 Å². The lowest BCUT2D eigenvalue weighted by molar-refractivity contribution is 0.171. The molecule has 0 spiro atoms. The monoisotopic (exact) mass is 287 g/mol. The van der Waals surface area contributed by atoms with Gasteiger partial charge in [0, 0.05) is 6.04 Å². The summed E-state index contributed by atoms with van der Waals surface area (Å²) in [5.41, 5.74) is 8.19. The van der Waals surface area contributed by atoms with Gasteiger partial charge in [0.2, 0.25) is 0 Å². The molecule has 1 atom stereocenters. The first-order valence-corrected chi connectivity index (χ1v) is 7.12. The quantitative estimate of drug-likeness (QED) is 0.939. The van der Waals surface area contributed by atoms with Crippen LogP contribution in [0.15, 0.2) is 42.5 Å². The molecule has 0 saturated carbocycles. The van der Waals surface area contributed by atoms with E-state index in [0.717, 1.165) is 35.5 Å². The summed E-state index contributed by atoms with van der Waals surface area (Å²) in [7, 11) is 0. The van der Waals surface area contributed by atoms with Gasteiger partial charge in [0.25, 0.3) is 0 Å². The van der Waals surface area contributed by atoms with Crippen molar-refractivity contribution < 1.29 is 13.9 Å². The van der Waals surface area contributed by atoms with Crippen molar-refractivity contribution in [3.8, 4) is 11.5 Å². The summed E-state index contributed by atoms with van der Waals surface area (Å²) >= 11 is 0. The fourth-order valence-electron chi connectivity index (χ4n) is 2.47. The molecular weight excluding hydrogens is 269 g/mol. The first-order chi connectivity index (χ1) is 10.2. The predicted molar refractivity (Wildman–Crippen MR) is 79.1 cm³/mol. The first-order valence-electron chi connectivity index (χ1n) is 7.12. The molecule has 1 aliphatic heterocycles. The summed E-state index contributed by atoms with van der Waals surface area (Å²) in [5.74, 6) is 1.31. The molecule has 0 aromatic heterocycles. The van der Waals surface area contributed by atoms with Crippen LogP contribution in [-0.4, -0.2) is 13.2 Å². The second-order valence-electron chi connectivity index (χ2n) is 5.18. The van der Waals surface area contributed by atoms with Crippen LogP contribution in [0.25, 0.3) is 0 Å². The Bertz CT molecular complexity index is 630. The molecule has 110 valence electrons.